The Morgan fingerprint density at radius 1 is 1.12 bits per heavy atom. The Labute approximate surface area is 106 Å². The van der Waals surface area contributed by atoms with Crippen LogP contribution in [-0.4, -0.2) is 24.2 Å². The van der Waals surface area contributed by atoms with Crippen molar-refractivity contribution in [1.82, 2.24) is 0 Å². The topological polar surface area (TPSA) is 29.3 Å². The second kappa shape index (κ2) is 4.59. The smallest absolute Gasteiger partial charge is 0.0863 e. The predicted molar refractivity (Wildman–Crippen MR) is 76.6 cm³/mol. The van der Waals surface area contributed by atoms with Crippen LogP contribution in [0.4, 0.5) is 5.69 Å². The van der Waals surface area contributed by atoms with E-state index >= 15 is 0 Å². The van der Waals surface area contributed by atoms with E-state index in [0.717, 1.165) is 18.1 Å². The Bertz CT molecular complexity index is 521. The normalized spacial score (nSPS) is 20.8. The highest BCUT2D eigenvalue weighted by Gasteiger charge is 2.20. The van der Waals surface area contributed by atoms with E-state index < -0.39 is 0 Å². The van der Waals surface area contributed by atoms with Gasteiger partial charge in [-0.15, -0.1) is 0 Å². The van der Waals surface area contributed by atoms with Gasteiger partial charge in [0.05, 0.1) is 6.17 Å². The summed E-state index contributed by atoms with van der Waals surface area (Å²) < 4.78 is 0. The molecule has 1 heterocycles. The van der Waals surface area contributed by atoms with Crippen molar-refractivity contribution in [3.63, 3.8) is 0 Å². The Kier molecular flexibility index (Phi) is 2.95. The number of hydrogen-bond donors (Lipinski definition) is 1. The Morgan fingerprint density at radius 2 is 1.94 bits per heavy atom. The molecule has 0 aromatic heterocycles. The van der Waals surface area contributed by atoms with Gasteiger partial charge in [-0.1, -0.05) is 36.4 Å². The molecule has 2 N–H and O–H groups in total. The lowest BCUT2D eigenvalue weighted by molar-refractivity contribution is 0.675. The lowest BCUT2D eigenvalue weighted by Crippen LogP contribution is -2.48. The van der Waals surface area contributed by atoms with Gasteiger partial charge in [0.15, 0.2) is 0 Å². The number of nitrogens with two attached hydrogens (primary N) is 1. The molecule has 1 aliphatic rings. The van der Waals surface area contributed by atoms with Gasteiger partial charge in [0.2, 0.25) is 0 Å². The molecule has 0 bridgehead atoms. The molecule has 3 heteroatoms. The summed E-state index contributed by atoms with van der Waals surface area (Å²) in [5, 5.41) is 2.59. The summed E-state index contributed by atoms with van der Waals surface area (Å²) in [6.07, 6.45) is 0.138. The van der Waals surface area contributed by atoms with E-state index in [1.807, 2.05) is 11.8 Å². The monoisotopic (exact) mass is 244 g/mol. The molecule has 0 amide bonds. The predicted octanol–water partition coefficient (Wildman–Crippen LogP) is 2.68. The molecule has 1 unspecified atom stereocenters. The van der Waals surface area contributed by atoms with E-state index in [9.17, 15) is 0 Å². The van der Waals surface area contributed by atoms with Gasteiger partial charge >= 0.3 is 0 Å². The van der Waals surface area contributed by atoms with Crippen molar-refractivity contribution in [2.75, 3.05) is 23.0 Å². The van der Waals surface area contributed by atoms with Crippen LogP contribution in [0.15, 0.2) is 42.5 Å². The van der Waals surface area contributed by atoms with Crippen LogP contribution in [0.1, 0.15) is 0 Å². The standard InChI is InChI=1S/C14H16N2S/c15-14-10-17-9-8-16(14)13-7-3-5-11-4-1-2-6-12(11)13/h1-7,14H,8-10,15H2. The van der Waals surface area contributed by atoms with E-state index in [4.69, 9.17) is 5.73 Å². The van der Waals surface area contributed by atoms with Crippen LogP contribution >= 0.6 is 11.8 Å². The zero-order valence-electron chi connectivity index (χ0n) is 9.67. The molecule has 1 saturated heterocycles. The van der Waals surface area contributed by atoms with E-state index in [2.05, 4.69) is 47.4 Å². The zero-order valence-corrected chi connectivity index (χ0v) is 10.5. The van der Waals surface area contributed by atoms with Gasteiger partial charge in [-0.2, -0.15) is 11.8 Å². The molecule has 0 aliphatic carbocycles. The van der Waals surface area contributed by atoms with Gasteiger partial charge in [0.1, 0.15) is 0 Å². The van der Waals surface area contributed by atoms with Gasteiger partial charge in [0.25, 0.3) is 0 Å². The van der Waals surface area contributed by atoms with Crippen molar-refractivity contribution in [3.8, 4) is 0 Å². The second-order valence-corrected chi connectivity index (χ2v) is 5.48. The average Bonchev–Trinajstić information content (AvgIpc) is 2.39. The van der Waals surface area contributed by atoms with Crippen molar-refractivity contribution < 1.29 is 0 Å². The lowest BCUT2D eigenvalue weighted by Gasteiger charge is -2.35. The molecule has 1 aliphatic heterocycles. The van der Waals surface area contributed by atoms with Crippen LogP contribution in [-0.2, 0) is 0 Å². The molecule has 0 saturated carbocycles. The third-order valence-electron chi connectivity index (χ3n) is 3.24. The molecule has 17 heavy (non-hydrogen) atoms. The summed E-state index contributed by atoms with van der Waals surface area (Å²) in [5.74, 6) is 2.18. The van der Waals surface area contributed by atoms with Crippen molar-refractivity contribution >= 4 is 28.2 Å². The van der Waals surface area contributed by atoms with Gasteiger partial charge in [0, 0.05) is 29.1 Å². The molecule has 88 valence electrons. The number of benzene rings is 2. The Balaban J connectivity index is 2.10. The maximum Gasteiger partial charge on any atom is 0.0863 e. The largest absolute Gasteiger partial charge is 0.354 e. The first kappa shape index (κ1) is 10.9. The quantitative estimate of drug-likeness (QED) is 0.836. The fourth-order valence-electron chi connectivity index (χ4n) is 2.38. The summed E-state index contributed by atoms with van der Waals surface area (Å²) in [6, 6.07) is 15.0. The molecule has 2 aromatic carbocycles. The van der Waals surface area contributed by atoms with Gasteiger partial charge < -0.3 is 10.6 Å². The highest BCUT2D eigenvalue weighted by molar-refractivity contribution is 7.99. The minimum absolute atomic E-state index is 0.138. The van der Waals surface area contributed by atoms with Crippen molar-refractivity contribution in [3.05, 3.63) is 42.5 Å². The molecule has 0 radical (unpaired) electrons. The van der Waals surface area contributed by atoms with E-state index in [1.54, 1.807) is 0 Å². The number of hydrogen-bond acceptors (Lipinski definition) is 3. The van der Waals surface area contributed by atoms with Gasteiger partial charge in [-0.3, -0.25) is 0 Å². The number of rotatable bonds is 1. The fraction of sp³-hybridized carbons (Fsp3) is 0.286. The van der Waals surface area contributed by atoms with Crippen LogP contribution < -0.4 is 10.6 Å². The first-order valence-corrected chi connectivity index (χ1v) is 7.09. The van der Waals surface area contributed by atoms with Gasteiger partial charge in [-0.25, -0.2) is 0 Å². The Hall–Kier alpha value is -1.19. The van der Waals surface area contributed by atoms with Gasteiger partial charge in [-0.05, 0) is 11.5 Å². The van der Waals surface area contributed by atoms with Crippen LogP contribution in [0.2, 0.25) is 0 Å². The van der Waals surface area contributed by atoms with E-state index in [1.165, 1.54) is 16.5 Å². The molecular formula is C14H16N2S. The van der Waals surface area contributed by atoms with Crippen LogP contribution in [0, 0.1) is 0 Å². The number of nitrogens with zero attached hydrogens (tertiary/aromatic N) is 1. The third kappa shape index (κ3) is 2.01. The summed E-state index contributed by atoms with van der Waals surface area (Å²) in [5.41, 5.74) is 7.48. The second-order valence-electron chi connectivity index (χ2n) is 4.33. The first-order chi connectivity index (χ1) is 8.36. The number of fused-ring (bicyclic) bond motifs is 1. The molecule has 2 nitrogen and oxygen atoms in total. The van der Waals surface area contributed by atoms with Crippen molar-refractivity contribution in [2.24, 2.45) is 5.73 Å². The number of anilines is 1. The maximum atomic E-state index is 6.21. The zero-order chi connectivity index (χ0) is 11.7. The van der Waals surface area contributed by atoms with Crippen molar-refractivity contribution in [1.29, 1.82) is 0 Å². The first-order valence-electron chi connectivity index (χ1n) is 5.94. The summed E-state index contributed by atoms with van der Waals surface area (Å²) in [6.45, 7) is 1.04. The average molecular weight is 244 g/mol. The van der Waals surface area contributed by atoms with Crippen LogP contribution in [0.25, 0.3) is 10.8 Å². The van der Waals surface area contributed by atoms with Crippen LogP contribution in [0.5, 0.6) is 0 Å². The maximum absolute atomic E-state index is 6.21. The highest BCUT2D eigenvalue weighted by atomic mass is 32.2. The molecule has 1 atom stereocenters. The summed E-state index contributed by atoms with van der Waals surface area (Å²) in [7, 11) is 0. The minimum atomic E-state index is 0.138. The SMILES string of the molecule is NC1CSCCN1c1cccc2ccccc12. The Morgan fingerprint density at radius 3 is 2.82 bits per heavy atom. The highest BCUT2D eigenvalue weighted by Crippen LogP contribution is 2.29. The molecule has 3 rings (SSSR count). The lowest BCUT2D eigenvalue weighted by atomic mass is 10.1. The fourth-order valence-corrected chi connectivity index (χ4v) is 3.29. The molecule has 0 spiro atoms. The molecule has 2 aromatic rings. The van der Waals surface area contributed by atoms with E-state index in [0.29, 0.717) is 0 Å². The summed E-state index contributed by atoms with van der Waals surface area (Å²) >= 11 is 1.94. The van der Waals surface area contributed by atoms with E-state index in [-0.39, 0.29) is 6.17 Å². The van der Waals surface area contributed by atoms with Crippen LogP contribution in [0.3, 0.4) is 0 Å². The molecule has 1 fully saturated rings. The summed E-state index contributed by atoms with van der Waals surface area (Å²) in [4.78, 5) is 2.33. The molecular weight excluding hydrogens is 228 g/mol. The third-order valence-corrected chi connectivity index (χ3v) is 4.29. The van der Waals surface area contributed by atoms with Crippen molar-refractivity contribution in [2.45, 2.75) is 6.17 Å². The minimum Gasteiger partial charge on any atom is -0.354 e. The number of thioether (sulfide) groups is 1.